The van der Waals surface area contributed by atoms with Crippen LogP contribution >= 0.6 is 0 Å². The predicted molar refractivity (Wildman–Crippen MR) is 121 cm³/mol. The zero-order valence-corrected chi connectivity index (χ0v) is 17.3. The minimum atomic E-state index is 0.650. The van der Waals surface area contributed by atoms with Crippen LogP contribution < -0.4 is 10.2 Å². The van der Waals surface area contributed by atoms with E-state index in [9.17, 15) is 0 Å². The molecular weight excluding hydrogens is 392 g/mol. The van der Waals surface area contributed by atoms with Gasteiger partial charge in [-0.1, -0.05) is 12.1 Å². The number of hydrogen-bond acceptors (Lipinski definition) is 7. The Kier molecular flexibility index (Phi) is 4.93. The summed E-state index contributed by atoms with van der Waals surface area (Å²) in [7, 11) is 3.68. The van der Waals surface area contributed by atoms with Gasteiger partial charge in [0.1, 0.15) is 5.82 Å². The summed E-state index contributed by atoms with van der Waals surface area (Å²) in [5, 5.41) is 11.5. The van der Waals surface area contributed by atoms with Crippen molar-refractivity contribution in [1.29, 1.82) is 0 Å². The Hall–Kier alpha value is -3.98. The Balaban J connectivity index is 1.46. The fourth-order valence-electron chi connectivity index (χ4n) is 3.42. The topological polar surface area (TPSA) is 96.3 Å². The SMILES string of the molecule is COCCN(C)c1ccc(Nc2nc(-c3ccc4cn[nH]c4c3)cn3ccnc23)cn1. The highest BCUT2D eigenvalue weighted by Gasteiger charge is 2.11. The van der Waals surface area contributed by atoms with Crippen molar-refractivity contribution in [2.24, 2.45) is 0 Å². The van der Waals surface area contributed by atoms with Crippen LogP contribution in [0.1, 0.15) is 0 Å². The van der Waals surface area contributed by atoms with E-state index < -0.39 is 0 Å². The number of fused-ring (bicyclic) bond motifs is 2. The van der Waals surface area contributed by atoms with Gasteiger partial charge in [-0.3, -0.25) is 5.10 Å². The van der Waals surface area contributed by atoms with Crippen molar-refractivity contribution in [3.8, 4) is 11.3 Å². The van der Waals surface area contributed by atoms with E-state index >= 15 is 0 Å². The predicted octanol–water partition coefficient (Wildman–Crippen LogP) is 3.49. The summed E-state index contributed by atoms with van der Waals surface area (Å²) in [5.74, 6) is 1.54. The van der Waals surface area contributed by atoms with Crippen molar-refractivity contribution in [3.63, 3.8) is 0 Å². The van der Waals surface area contributed by atoms with E-state index in [1.807, 2.05) is 65.3 Å². The first kappa shape index (κ1) is 19.0. The molecule has 0 radical (unpaired) electrons. The molecule has 0 amide bonds. The Labute approximate surface area is 178 Å². The molecule has 0 fully saturated rings. The number of likely N-dealkylation sites (N-methyl/N-ethyl adjacent to an activating group) is 1. The number of anilines is 3. The summed E-state index contributed by atoms with van der Waals surface area (Å²) in [6.07, 6.45) is 9.24. The molecule has 2 N–H and O–H groups in total. The van der Waals surface area contributed by atoms with Gasteiger partial charge in [0.05, 0.1) is 35.9 Å². The molecule has 5 aromatic rings. The van der Waals surface area contributed by atoms with Gasteiger partial charge in [-0.05, 0) is 18.2 Å². The van der Waals surface area contributed by atoms with Crippen LogP contribution in [0.25, 0.3) is 27.8 Å². The summed E-state index contributed by atoms with van der Waals surface area (Å²) in [6.45, 7) is 1.42. The molecule has 31 heavy (non-hydrogen) atoms. The Bertz CT molecular complexity index is 1320. The van der Waals surface area contributed by atoms with E-state index in [-0.39, 0.29) is 0 Å². The molecule has 0 aliphatic heterocycles. The molecule has 0 atom stereocenters. The third kappa shape index (κ3) is 3.78. The van der Waals surface area contributed by atoms with Gasteiger partial charge in [-0.25, -0.2) is 15.0 Å². The standard InChI is InChI=1S/C22H22N8O/c1-29(9-10-31-2)20-6-5-17(13-24-20)26-21-22-23-7-8-30(22)14-19(27-21)15-3-4-16-12-25-28-18(16)11-15/h3-8,11-14H,9-10H2,1-2H3,(H,25,28)(H,26,27). The molecule has 0 bridgehead atoms. The number of imidazole rings is 1. The number of benzene rings is 1. The molecule has 9 heteroatoms. The number of ether oxygens (including phenoxy) is 1. The Morgan fingerprint density at radius 2 is 2.10 bits per heavy atom. The van der Waals surface area contributed by atoms with Gasteiger partial charge < -0.3 is 19.4 Å². The first-order valence-corrected chi connectivity index (χ1v) is 9.91. The monoisotopic (exact) mass is 414 g/mol. The second-order valence-electron chi connectivity index (χ2n) is 7.25. The molecular formula is C22H22N8O. The fourth-order valence-corrected chi connectivity index (χ4v) is 3.42. The van der Waals surface area contributed by atoms with Gasteiger partial charge in [0.2, 0.25) is 0 Å². The lowest BCUT2D eigenvalue weighted by Crippen LogP contribution is -2.22. The molecule has 4 aromatic heterocycles. The summed E-state index contributed by atoms with van der Waals surface area (Å²) in [4.78, 5) is 15.9. The molecule has 0 spiro atoms. The minimum absolute atomic E-state index is 0.650. The third-order valence-electron chi connectivity index (χ3n) is 5.14. The van der Waals surface area contributed by atoms with Gasteiger partial charge in [-0.15, -0.1) is 0 Å². The van der Waals surface area contributed by atoms with Crippen LogP contribution in [0.2, 0.25) is 0 Å². The Morgan fingerprint density at radius 3 is 2.94 bits per heavy atom. The van der Waals surface area contributed by atoms with Crippen LogP contribution in [-0.4, -0.2) is 56.9 Å². The minimum Gasteiger partial charge on any atom is -0.383 e. The van der Waals surface area contributed by atoms with Crippen LogP contribution in [-0.2, 0) is 4.74 Å². The van der Waals surface area contributed by atoms with Crippen molar-refractivity contribution < 1.29 is 4.74 Å². The lowest BCUT2D eigenvalue weighted by atomic mass is 10.1. The van der Waals surface area contributed by atoms with E-state index in [1.165, 1.54) is 0 Å². The van der Waals surface area contributed by atoms with E-state index in [0.717, 1.165) is 45.9 Å². The van der Waals surface area contributed by atoms with Crippen LogP contribution in [0.5, 0.6) is 0 Å². The first-order valence-electron chi connectivity index (χ1n) is 9.91. The number of rotatable bonds is 7. The molecule has 0 saturated carbocycles. The number of hydrogen-bond donors (Lipinski definition) is 2. The molecule has 0 aliphatic carbocycles. The quantitative estimate of drug-likeness (QED) is 0.421. The van der Waals surface area contributed by atoms with E-state index in [1.54, 1.807) is 19.5 Å². The van der Waals surface area contributed by atoms with Gasteiger partial charge in [0.15, 0.2) is 11.5 Å². The maximum Gasteiger partial charge on any atom is 0.180 e. The molecule has 1 aromatic carbocycles. The molecule has 156 valence electrons. The Morgan fingerprint density at radius 1 is 1.16 bits per heavy atom. The number of aromatic nitrogens is 6. The zero-order valence-electron chi connectivity index (χ0n) is 17.3. The van der Waals surface area contributed by atoms with Crippen molar-refractivity contribution >= 4 is 33.9 Å². The number of aromatic amines is 1. The van der Waals surface area contributed by atoms with E-state index in [4.69, 9.17) is 9.72 Å². The highest BCUT2D eigenvalue weighted by atomic mass is 16.5. The van der Waals surface area contributed by atoms with Crippen molar-refractivity contribution in [1.82, 2.24) is 29.5 Å². The largest absolute Gasteiger partial charge is 0.383 e. The van der Waals surface area contributed by atoms with Crippen molar-refractivity contribution in [2.45, 2.75) is 0 Å². The van der Waals surface area contributed by atoms with Gasteiger partial charge in [0, 0.05) is 50.2 Å². The van der Waals surface area contributed by atoms with Gasteiger partial charge >= 0.3 is 0 Å². The first-order chi connectivity index (χ1) is 15.2. The highest BCUT2D eigenvalue weighted by Crippen LogP contribution is 2.26. The summed E-state index contributed by atoms with van der Waals surface area (Å²) >= 11 is 0. The molecule has 5 rings (SSSR count). The summed E-state index contributed by atoms with van der Waals surface area (Å²) in [6, 6.07) is 10.1. The summed E-state index contributed by atoms with van der Waals surface area (Å²) in [5.41, 5.74) is 4.36. The number of nitrogens with zero attached hydrogens (tertiary/aromatic N) is 6. The lowest BCUT2D eigenvalue weighted by molar-refractivity contribution is 0.206. The second kappa shape index (κ2) is 8.04. The average Bonchev–Trinajstić information content (AvgIpc) is 3.46. The zero-order chi connectivity index (χ0) is 21.2. The van der Waals surface area contributed by atoms with Crippen LogP contribution in [0.4, 0.5) is 17.3 Å². The number of nitrogens with one attached hydrogen (secondary N) is 2. The third-order valence-corrected chi connectivity index (χ3v) is 5.14. The number of pyridine rings is 1. The van der Waals surface area contributed by atoms with Crippen molar-refractivity contribution in [3.05, 3.63) is 61.3 Å². The molecule has 0 unspecified atom stereocenters. The summed E-state index contributed by atoms with van der Waals surface area (Å²) < 4.78 is 7.09. The number of methoxy groups -OCH3 is 1. The molecule has 0 saturated heterocycles. The molecule has 9 nitrogen and oxygen atoms in total. The normalized spacial score (nSPS) is 11.3. The van der Waals surface area contributed by atoms with E-state index in [2.05, 4.69) is 25.5 Å². The molecule has 4 heterocycles. The van der Waals surface area contributed by atoms with Crippen LogP contribution in [0.15, 0.2) is 61.3 Å². The maximum absolute atomic E-state index is 5.13. The van der Waals surface area contributed by atoms with Crippen molar-refractivity contribution in [2.75, 3.05) is 37.5 Å². The smallest absolute Gasteiger partial charge is 0.180 e. The van der Waals surface area contributed by atoms with Gasteiger partial charge in [0.25, 0.3) is 0 Å². The average molecular weight is 414 g/mol. The maximum atomic E-state index is 5.13. The molecule has 0 aliphatic rings. The lowest BCUT2D eigenvalue weighted by Gasteiger charge is -2.18. The van der Waals surface area contributed by atoms with Crippen LogP contribution in [0.3, 0.4) is 0 Å². The fraction of sp³-hybridized carbons (Fsp3) is 0.182. The van der Waals surface area contributed by atoms with Crippen LogP contribution in [0, 0.1) is 0 Å². The number of H-pyrrole nitrogens is 1. The van der Waals surface area contributed by atoms with E-state index in [0.29, 0.717) is 12.4 Å². The second-order valence-corrected chi connectivity index (χ2v) is 7.25. The highest BCUT2D eigenvalue weighted by molar-refractivity contribution is 5.83. The van der Waals surface area contributed by atoms with Gasteiger partial charge in [-0.2, -0.15) is 5.10 Å².